The van der Waals surface area contributed by atoms with Gasteiger partial charge in [0.05, 0.1) is 10.6 Å². The molecule has 1 atom stereocenters. The molecular formula is C14H20ClN3O. The quantitative estimate of drug-likeness (QED) is 0.888. The molecule has 1 aromatic rings. The van der Waals surface area contributed by atoms with Gasteiger partial charge in [0.15, 0.2) is 0 Å². The first-order valence-electron chi connectivity index (χ1n) is 6.64. The Labute approximate surface area is 118 Å². The van der Waals surface area contributed by atoms with Crippen molar-refractivity contribution in [1.29, 1.82) is 0 Å². The van der Waals surface area contributed by atoms with Crippen LogP contribution in [0, 0.1) is 0 Å². The standard InChI is InChI=1S/C14H20ClN3O/c1-17-9-11-4-2-3-7-18(11)10-5-6-12(14(16)19)13(15)8-10/h5-6,8,11,17H,2-4,7,9H2,1H3,(H2,16,19). The number of halogens is 1. The molecular weight excluding hydrogens is 262 g/mol. The summed E-state index contributed by atoms with van der Waals surface area (Å²) in [5.74, 6) is -0.484. The first-order valence-corrected chi connectivity index (χ1v) is 7.02. The smallest absolute Gasteiger partial charge is 0.250 e. The number of hydrogen-bond acceptors (Lipinski definition) is 3. The molecule has 1 aromatic carbocycles. The summed E-state index contributed by atoms with van der Waals surface area (Å²) in [7, 11) is 1.97. The molecule has 104 valence electrons. The summed E-state index contributed by atoms with van der Waals surface area (Å²) in [4.78, 5) is 13.5. The van der Waals surface area contributed by atoms with E-state index in [9.17, 15) is 4.79 Å². The van der Waals surface area contributed by atoms with E-state index >= 15 is 0 Å². The Morgan fingerprint density at radius 1 is 1.53 bits per heavy atom. The molecule has 19 heavy (non-hydrogen) atoms. The number of amides is 1. The van der Waals surface area contributed by atoms with Gasteiger partial charge in [0.1, 0.15) is 0 Å². The van der Waals surface area contributed by atoms with Gasteiger partial charge in [0.25, 0.3) is 0 Å². The minimum absolute atomic E-state index is 0.382. The first-order chi connectivity index (χ1) is 9.13. The molecule has 1 aliphatic rings. The summed E-state index contributed by atoms with van der Waals surface area (Å²) in [6.07, 6.45) is 3.63. The number of likely N-dealkylation sites (N-methyl/N-ethyl adjacent to an activating group) is 1. The molecule has 5 heteroatoms. The lowest BCUT2D eigenvalue weighted by Crippen LogP contribution is -2.45. The van der Waals surface area contributed by atoms with Gasteiger partial charge in [-0.3, -0.25) is 4.79 Å². The van der Waals surface area contributed by atoms with Crippen molar-refractivity contribution in [1.82, 2.24) is 5.32 Å². The third kappa shape index (κ3) is 3.19. The highest BCUT2D eigenvalue weighted by atomic mass is 35.5. The molecule has 1 fully saturated rings. The average molecular weight is 282 g/mol. The van der Waals surface area contributed by atoms with Crippen molar-refractivity contribution >= 4 is 23.2 Å². The van der Waals surface area contributed by atoms with E-state index in [0.29, 0.717) is 16.6 Å². The molecule has 0 bridgehead atoms. The van der Waals surface area contributed by atoms with Gasteiger partial charge in [0, 0.05) is 24.8 Å². The zero-order chi connectivity index (χ0) is 13.8. The van der Waals surface area contributed by atoms with Crippen LogP contribution >= 0.6 is 11.6 Å². The van der Waals surface area contributed by atoms with Crippen LogP contribution in [0.15, 0.2) is 18.2 Å². The topological polar surface area (TPSA) is 58.4 Å². The lowest BCUT2D eigenvalue weighted by Gasteiger charge is -2.37. The second kappa shape index (κ2) is 6.26. The number of nitrogens with zero attached hydrogens (tertiary/aromatic N) is 1. The van der Waals surface area contributed by atoms with Crippen LogP contribution in [0.4, 0.5) is 5.69 Å². The van der Waals surface area contributed by atoms with Gasteiger partial charge in [-0.25, -0.2) is 0 Å². The summed E-state index contributed by atoms with van der Waals surface area (Å²) in [5.41, 5.74) is 6.72. The average Bonchev–Trinajstić information content (AvgIpc) is 2.39. The van der Waals surface area contributed by atoms with E-state index in [0.717, 1.165) is 18.8 Å². The van der Waals surface area contributed by atoms with Gasteiger partial charge in [-0.2, -0.15) is 0 Å². The SMILES string of the molecule is CNCC1CCCCN1c1ccc(C(N)=O)c(Cl)c1. The lowest BCUT2D eigenvalue weighted by atomic mass is 10.0. The van der Waals surface area contributed by atoms with Crippen molar-refractivity contribution in [2.24, 2.45) is 5.73 Å². The number of benzene rings is 1. The summed E-state index contributed by atoms with van der Waals surface area (Å²) in [5, 5.41) is 3.66. The Hall–Kier alpha value is -1.26. The van der Waals surface area contributed by atoms with Gasteiger partial charge >= 0.3 is 0 Å². The zero-order valence-corrected chi connectivity index (χ0v) is 11.9. The monoisotopic (exact) mass is 281 g/mol. The lowest BCUT2D eigenvalue weighted by molar-refractivity contribution is 0.100. The number of carbonyl (C=O) groups excluding carboxylic acids is 1. The van der Waals surface area contributed by atoms with Crippen LogP contribution in [-0.4, -0.2) is 32.1 Å². The minimum Gasteiger partial charge on any atom is -0.367 e. The Morgan fingerprint density at radius 2 is 2.32 bits per heavy atom. The van der Waals surface area contributed by atoms with E-state index in [2.05, 4.69) is 10.2 Å². The minimum atomic E-state index is -0.484. The van der Waals surface area contributed by atoms with Crippen LogP contribution in [0.1, 0.15) is 29.6 Å². The largest absolute Gasteiger partial charge is 0.367 e. The molecule has 3 N–H and O–H groups in total. The highest BCUT2D eigenvalue weighted by Crippen LogP contribution is 2.28. The molecule has 1 heterocycles. The maximum absolute atomic E-state index is 11.2. The van der Waals surface area contributed by atoms with Crippen LogP contribution in [0.3, 0.4) is 0 Å². The van der Waals surface area contributed by atoms with E-state index in [1.54, 1.807) is 6.07 Å². The van der Waals surface area contributed by atoms with Crippen LogP contribution in [0.5, 0.6) is 0 Å². The third-order valence-electron chi connectivity index (χ3n) is 3.62. The van der Waals surface area contributed by atoms with Gasteiger partial charge in [-0.1, -0.05) is 11.6 Å². The summed E-state index contributed by atoms with van der Waals surface area (Å²) < 4.78 is 0. The van der Waals surface area contributed by atoms with E-state index in [4.69, 9.17) is 17.3 Å². The molecule has 0 radical (unpaired) electrons. The zero-order valence-electron chi connectivity index (χ0n) is 11.2. The number of carbonyl (C=O) groups is 1. The van der Waals surface area contributed by atoms with Crippen molar-refractivity contribution in [2.45, 2.75) is 25.3 Å². The van der Waals surface area contributed by atoms with Crippen LogP contribution in [-0.2, 0) is 0 Å². The first kappa shape index (κ1) is 14.2. The molecule has 1 saturated heterocycles. The fourth-order valence-corrected chi connectivity index (χ4v) is 2.94. The Balaban J connectivity index is 2.24. The normalized spacial score (nSPS) is 19.5. The predicted molar refractivity (Wildman–Crippen MR) is 78.9 cm³/mol. The molecule has 1 aliphatic heterocycles. The number of anilines is 1. The van der Waals surface area contributed by atoms with E-state index in [1.807, 2.05) is 19.2 Å². The molecule has 1 amide bonds. The molecule has 0 saturated carbocycles. The number of hydrogen-bond donors (Lipinski definition) is 2. The maximum atomic E-state index is 11.2. The summed E-state index contributed by atoms with van der Waals surface area (Å²) in [6.45, 7) is 1.98. The predicted octanol–water partition coefficient (Wildman–Crippen LogP) is 2.02. The van der Waals surface area contributed by atoms with Crippen molar-refractivity contribution in [3.63, 3.8) is 0 Å². The van der Waals surface area contributed by atoms with Crippen LogP contribution in [0.2, 0.25) is 5.02 Å². The van der Waals surface area contributed by atoms with Gasteiger partial charge < -0.3 is 16.0 Å². The molecule has 0 aliphatic carbocycles. The van der Waals surface area contributed by atoms with Gasteiger partial charge in [-0.15, -0.1) is 0 Å². The van der Waals surface area contributed by atoms with Crippen LogP contribution in [0.25, 0.3) is 0 Å². The van der Waals surface area contributed by atoms with Gasteiger partial charge in [0.2, 0.25) is 5.91 Å². The van der Waals surface area contributed by atoms with Crippen molar-refractivity contribution in [2.75, 3.05) is 25.0 Å². The van der Waals surface area contributed by atoms with E-state index in [1.165, 1.54) is 19.3 Å². The summed E-state index contributed by atoms with van der Waals surface area (Å²) >= 11 is 6.13. The highest BCUT2D eigenvalue weighted by molar-refractivity contribution is 6.34. The fraction of sp³-hybridized carbons (Fsp3) is 0.500. The Kier molecular flexibility index (Phi) is 4.66. The van der Waals surface area contributed by atoms with Crippen molar-refractivity contribution < 1.29 is 4.79 Å². The van der Waals surface area contributed by atoms with E-state index in [-0.39, 0.29) is 0 Å². The summed E-state index contributed by atoms with van der Waals surface area (Å²) in [6, 6.07) is 5.97. The molecule has 0 spiro atoms. The van der Waals surface area contributed by atoms with Gasteiger partial charge in [-0.05, 0) is 44.5 Å². The third-order valence-corrected chi connectivity index (χ3v) is 3.93. The number of nitrogens with one attached hydrogen (secondary N) is 1. The molecule has 0 aromatic heterocycles. The number of rotatable bonds is 4. The highest BCUT2D eigenvalue weighted by Gasteiger charge is 2.22. The number of piperidine rings is 1. The Morgan fingerprint density at radius 3 is 2.95 bits per heavy atom. The van der Waals surface area contributed by atoms with Crippen molar-refractivity contribution in [3.05, 3.63) is 28.8 Å². The maximum Gasteiger partial charge on any atom is 0.250 e. The fourth-order valence-electron chi connectivity index (χ4n) is 2.67. The number of nitrogens with two attached hydrogens (primary N) is 1. The second-order valence-electron chi connectivity index (χ2n) is 4.93. The molecule has 2 rings (SSSR count). The molecule has 4 nitrogen and oxygen atoms in total. The second-order valence-corrected chi connectivity index (χ2v) is 5.34. The molecule has 1 unspecified atom stereocenters. The van der Waals surface area contributed by atoms with Crippen LogP contribution < -0.4 is 16.0 Å². The van der Waals surface area contributed by atoms with Crippen molar-refractivity contribution in [3.8, 4) is 0 Å². The Bertz CT molecular complexity index is 462. The number of primary amides is 1. The van der Waals surface area contributed by atoms with E-state index < -0.39 is 5.91 Å².